The van der Waals surface area contributed by atoms with E-state index in [2.05, 4.69) is 22.3 Å². The first-order chi connectivity index (χ1) is 18.8. The lowest BCUT2D eigenvalue weighted by Crippen LogP contribution is -2.53. The molecule has 0 spiro atoms. The first-order valence-electron chi connectivity index (χ1n) is 13.2. The molecular weight excluding hydrogens is 533 g/mol. The largest absolute Gasteiger partial charge is 0.378 e. The molecule has 0 aliphatic carbocycles. The van der Waals surface area contributed by atoms with Crippen molar-refractivity contribution in [3.8, 4) is 0 Å². The van der Waals surface area contributed by atoms with Crippen molar-refractivity contribution in [3.63, 3.8) is 0 Å². The van der Waals surface area contributed by atoms with E-state index in [4.69, 9.17) is 27.9 Å². The fourth-order valence-corrected chi connectivity index (χ4v) is 5.51. The summed E-state index contributed by atoms with van der Waals surface area (Å²) in [5.41, 5.74) is 2.27. The molecule has 0 radical (unpaired) electrons. The van der Waals surface area contributed by atoms with Crippen LogP contribution < -0.4 is 5.32 Å². The molecule has 6 nitrogen and oxygen atoms in total. The summed E-state index contributed by atoms with van der Waals surface area (Å²) in [4.78, 5) is 29.3. The minimum absolute atomic E-state index is 0.0156. The Bertz CT molecular complexity index is 1250. The van der Waals surface area contributed by atoms with Crippen molar-refractivity contribution in [1.82, 2.24) is 15.1 Å². The molecule has 1 N–H and O–H groups in total. The Balaban J connectivity index is 1.37. The molecule has 3 aromatic carbocycles. The molecule has 1 heterocycles. The molecule has 0 bridgehead atoms. The van der Waals surface area contributed by atoms with Crippen LogP contribution in [0.5, 0.6) is 0 Å². The molecule has 3 aromatic rings. The van der Waals surface area contributed by atoms with Gasteiger partial charge < -0.3 is 19.9 Å². The van der Waals surface area contributed by atoms with E-state index in [1.165, 1.54) is 0 Å². The Morgan fingerprint density at radius 3 is 2.23 bits per heavy atom. The van der Waals surface area contributed by atoms with E-state index < -0.39 is 0 Å². The molecule has 1 saturated heterocycles. The van der Waals surface area contributed by atoms with E-state index in [0.29, 0.717) is 28.8 Å². The molecule has 1 unspecified atom stereocenters. The predicted molar refractivity (Wildman–Crippen MR) is 156 cm³/mol. The van der Waals surface area contributed by atoms with Crippen molar-refractivity contribution in [2.45, 2.75) is 31.3 Å². The van der Waals surface area contributed by atoms with Gasteiger partial charge in [0.15, 0.2) is 0 Å². The summed E-state index contributed by atoms with van der Waals surface area (Å²) in [6.45, 7) is 4.87. The van der Waals surface area contributed by atoms with Crippen molar-refractivity contribution in [2.75, 3.05) is 39.9 Å². The number of hydrogen-bond acceptors (Lipinski definition) is 4. The monoisotopic (exact) mass is 567 g/mol. The van der Waals surface area contributed by atoms with E-state index >= 15 is 0 Å². The number of likely N-dealkylation sites (tertiary alicyclic amines) is 1. The number of benzene rings is 3. The van der Waals surface area contributed by atoms with Gasteiger partial charge in [0.05, 0.1) is 34.8 Å². The van der Waals surface area contributed by atoms with Crippen LogP contribution in [0.15, 0.2) is 78.9 Å². The Morgan fingerprint density at radius 1 is 0.974 bits per heavy atom. The Hall–Kier alpha value is -2.90. The Kier molecular flexibility index (Phi) is 10.0. The number of halogens is 2. The van der Waals surface area contributed by atoms with E-state index in [1.807, 2.05) is 42.5 Å². The molecule has 39 heavy (non-hydrogen) atoms. The molecule has 2 amide bonds. The molecule has 1 atom stereocenters. The van der Waals surface area contributed by atoms with Crippen LogP contribution in [0.3, 0.4) is 0 Å². The van der Waals surface area contributed by atoms with Crippen LogP contribution in [0.1, 0.15) is 47.3 Å². The molecule has 206 valence electrons. The topological polar surface area (TPSA) is 61.9 Å². The fourth-order valence-electron chi connectivity index (χ4n) is 5.20. The molecular formula is C31H35Cl2N3O3. The fraction of sp³-hybridized carbons (Fsp3) is 0.355. The van der Waals surface area contributed by atoms with Crippen LogP contribution >= 0.6 is 23.2 Å². The quantitative estimate of drug-likeness (QED) is 0.307. The first kappa shape index (κ1) is 29.1. The zero-order valence-electron chi connectivity index (χ0n) is 22.4. The lowest BCUT2D eigenvalue weighted by molar-refractivity contribution is -0.121. The van der Waals surface area contributed by atoms with E-state index in [1.54, 1.807) is 43.1 Å². The van der Waals surface area contributed by atoms with Gasteiger partial charge in [0.1, 0.15) is 0 Å². The van der Waals surface area contributed by atoms with Crippen molar-refractivity contribution < 1.29 is 14.3 Å². The number of rotatable bonds is 10. The number of hydrogen-bond donors (Lipinski definition) is 1. The van der Waals surface area contributed by atoms with Crippen molar-refractivity contribution in [1.29, 1.82) is 0 Å². The summed E-state index contributed by atoms with van der Waals surface area (Å²) in [5.74, 6) is -0.111. The summed E-state index contributed by atoms with van der Waals surface area (Å²) in [6.07, 6.45) is 1.66. The second kappa shape index (κ2) is 13.4. The highest BCUT2D eigenvalue weighted by atomic mass is 35.5. The van der Waals surface area contributed by atoms with Crippen LogP contribution in [0.4, 0.5) is 0 Å². The minimum Gasteiger partial charge on any atom is -0.378 e. The zero-order valence-corrected chi connectivity index (χ0v) is 23.9. The molecule has 8 heteroatoms. The number of piperidine rings is 1. The van der Waals surface area contributed by atoms with Gasteiger partial charge in [-0.15, -0.1) is 0 Å². The second-order valence-corrected chi connectivity index (χ2v) is 10.8. The van der Waals surface area contributed by atoms with Gasteiger partial charge in [0.25, 0.3) is 5.91 Å². The summed E-state index contributed by atoms with van der Waals surface area (Å²) < 4.78 is 6.15. The third-order valence-corrected chi connectivity index (χ3v) is 8.15. The molecule has 1 aliphatic heterocycles. The van der Waals surface area contributed by atoms with Gasteiger partial charge in [-0.25, -0.2) is 0 Å². The van der Waals surface area contributed by atoms with Crippen molar-refractivity contribution in [3.05, 3.63) is 106 Å². The number of likely N-dealkylation sites (N-methyl/N-ethyl adjacent to an activating group) is 1. The average molecular weight is 569 g/mol. The minimum atomic E-state index is -0.343. The van der Waals surface area contributed by atoms with Crippen molar-refractivity contribution >= 4 is 35.0 Å². The van der Waals surface area contributed by atoms with Crippen LogP contribution in [-0.2, 0) is 15.1 Å². The van der Waals surface area contributed by atoms with E-state index in [9.17, 15) is 9.59 Å². The highest BCUT2D eigenvalue weighted by Gasteiger charge is 2.36. The summed E-state index contributed by atoms with van der Waals surface area (Å²) in [6, 6.07) is 24.5. The number of nitrogens with one attached hydrogen (secondary N) is 1. The normalized spacial score (nSPS) is 15.9. The van der Waals surface area contributed by atoms with E-state index in [0.717, 1.165) is 43.6 Å². The van der Waals surface area contributed by atoms with Crippen LogP contribution in [0, 0.1) is 0 Å². The van der Waals surface area contributed by atoms with Crippen LogP contribution in [-0.4, -0.2) is 61.5 Å². The van der Waals surface area contributed by atoms with Crippen molar-refractivity contribution in [2.24, 2.45) is 0 Å². The standard InChI is InChI=1S/C31H35Cl2N3O3/c1-23(37)34-31(26-11-7-4-8-12-26)15-17-36(18-16-31)19-20-39-22-29(25-13-14-27(32)28(33)21-25)35(2)30(38)24-9-5-3-6-10-24/h3-14,21,29H,15-20,22H2,1-2H3,(H,34,37). The third-order valence-electron chi connectivity index (χ3n) is 7.42. The van der Waals surface area contributed by atoms with E-state index in [-0.39, 0.29) is 23.4 Å². The van der Waals surface area contributed by atoms with Crippen LogP contribution in [0.25, 0.3) is 0 Å². The SMILES string of the molecule is CC(=O)NC1(c2ccccc2)CCN(CCOCC(c2ccc(Cl)c(Cl)c2)N(C)C(=O)c2ccccc2)CC1. The Morgan fingerprint density at radius 2 is 1.62 bits per heavy atom. The molecule has 1 aliphatic rings. The van der Waals surface area contributed by atoms with Gasteiger partial charge in [-0.1, -0.05) is 77.8 Å². The highest BCUT2D eigenvalue weighted by molar-refractivity contribution is 6.42. The number of carbonyl (C=O) groups is 2. The zero-order chi connectivity index (χ0) is 27.8. The molecule has 1 fully saturated rings. The van der Waals surface area contributed by atoms with Gasteiger partial charge in [-0.2, -0.15) is 0 Å². The number of ether oxygens (including phenoxy) is 1. The predicted octanol–water partition coefficient (Wildman–Crippen LogP) is 5.95. The number of carbonyl (C=O) groups excluding carboxylic acids is 2. The second-order valence-electron chi connectivity index (χ2n) is 10.0. The van der Waals surface area contributed by atoms with Gasteiger partial charge in [-0.05, 0) is 48.2 Å². The first-order valence-corrected chi connectivity index (χ1v) is 14.0. The third kappa shape index (κ3) is 7.40. The smallest absolute Gasteiger partial charge is 0.254 e. The Labute approximate surface area is 240 Å². The summed E-state index contributed by atoms with van der Waals surface area (Å²) in [5, 5.41) is 4.13. The summed E-state index contributed by atoms with van der Waals surface area (Å²) >= 11 is 12.5. The van der Waals surface area contributed by atoms with Gasteiger partial charge in [-0.3, -0.25) is 9.59 Å². The molecule has 0 aromatic heterocycles. The van der Waals surface area contributed by atoms with Gasteiger partial charge >= 0.3 is 0 Å². The van der Waals surface area contributed by atoms with Gasteiger partial charge in [0, 0.05) is 39.2 Å². The maximum Gasteiger partial charge on any atom is 0.254 e. The maximum atomic E-state index is 13.2. The van der Waals surface area contributed by atoms with Crippen LogP contribution in [0.2, 0.25) is 10.0 Å². The highest BCUT2D eigenvalue weighted by Crippen LogP contribution is 2.33. The number of amides is 2. The lowest BCUT2D eigenvalue weighted by Gasteiger charge is -2.42. The molecule has 0 saturated carbocycles. The summed E-state index contributed by atoms with van der Waals surface area (Å²) in [7, 11) is 1.78. The number of nitrogens with zero attached hydrogens (tertiary/aromatic N) is 2. The lowest BCUT2D eigenvalue weighted by atomic mass is 9.80. The molecule has 4 rings (SSSR count). The maximum absolute atomic E-state index is 13.2. The average Bonchev–Trinajstić information content (AvgIpc) is 2.95. The van der Waals surface area contributed by atoms with Gasteiger partial charge in [0.2, 0.25) is 5.91 Å².